The van der Waals surface area contributed by atoms with Crippen LogP contribution in [0.25, 0.3) is 0 Å². The first-order chi connectivity index (χ1) is 5.22. The Labute approximate surface area is 63.2 Å². The van der Waals surface area contributed by atoms with Crippen molar-refractivity contribution in [2.45, 2.75) is 0 Å². The van der Waals surface area contributed by atoms with Gasteiger partial charge in [0.15, 0.2) is 0 Å². The standard InChI is InChI=1S/C7H7NO3/c9-7(8(10)11)6-4-2-1-3-5-6/h1-5,10-11H/p+1. The van der Waals surface area contributed by atoms with Gasteiger partial charge in [0, 0.05) is 5.23 Å². The van der Waals surface area contributed by atoms with Crippen molar-refractivity contribution >= 4 is 5.91 Å². The lowest BCUT2D eigenvalue weighted by Crippen LogP contribution is -3.10. The highest BCUT2D eigenvalue weighted by atomic mass is 16.8. The van der Waals surface area contributed by atoms with Crippen LogP contribution in [0.2, 0.25) is 0 Å². The maximum absolute atomic E-state index is 10.8. The van der Waals surface area contributed by atoms with E-state index in [-0.39, 0.29) is 5.56 Å². The molecule has 11 heavy (non-hydrogen) atoms. The molecule has 1 amide bonds. The van der Waals surface area contributed by atoms with Crippen LogP contribution in [-0.2, 0) is 0 Å². The van der Waals surface area contributed by atoms with E-state index in [1.807, 2.05) is 0 Å². The van der Waals surface area contributed by atoms with Crippen LogP contribution in [0, 0.1) is 0 Å². The molecule has 0 aliphatic heterocycles. The number of hydroxylamine groups is 2. The van der Waals surface area contributed by atoms with Gasteiger partial charge in [0.05, 0.1) is 5.56 Å². The predicted octanol–water partition coefficient (Wildman–Crippen LogP) is -0.510. The van der Waals surface area contributed by atoms with E-state index in [0.29, 0.717) is 0 Å². The summed E-state index contributed by atoms with van der Waals surface area (Å²) in [5, 5.41) is 15.6. The van der Waals surface area contributed by atoms with E-state index in [2.05, 4.69) is 0 Å². The number of nitrogens with one attached hydrogen (secondary N) is 1. The summed E-state index contributed by atoms with van der Waals surface area (Å²) in [5.74, 6) is -0.759. The van der Waals surface area contributed by atoms with Crippen molar-refractivity contribution in [2.75, 3.05) is 0 Å². The summed E-state index contributed by atoms with van der Waals surface area (Å²) in [7, 11) is 0. The zero-order chi connectivity index (χ0) is 8.27. The third kappa shape index (κ3) is 1.84. The van der Waals surface area contributed by atoms with Gasteiger partial charge in [-0.25, -0.2) is 4.79 Å². The van der Waals surface area contributed by atoms with Gasteiger partial charge in [-0.15, -0.1) is 0 Å². The average Bonchev–Trinajstić information content (AvgIpc) is 2.05. The van der Waals surface area contributed by atoms with Crippen LogP contribution < -0.4 is 5.23 Å². The molecule has 1 aromatic rings. The third-order valence-corrected chi connectivity index (χ3v) is 1.24. The Kier molecular flexibility index (Phi) is 2.32. The summed E-state index contributed by atoms with van der Waals surface area (Å²) in [6, 6.07) is 8.06. The summed E-state index contributed by atoms with van der Waals surface area (Å²) >= 11 is 0. The monoisotopic (exact) mass is 154 g/mol. The Bertz CT molecular complexity index is 245. The van der Waals surface area contributed by atoms with Gasteiger partial charge in [0.25, 0.3) is 0 Å². The van der Waals surface area contributed by atoms with Gasteiger partial charge in [0.1, 0.15) is 0 Å². The van der Waals surface area contributed by atoms with Crippen LogP contribution in [0.3, 0.4) is 0 Å². The number of hydrogen-bond acceptors (Lipinski definition) is 3. The Morgan fingerprint density at radius 3 is 2.18 bits per heavy atom. The van der Waals surface area contributed by atoms with E-state index in [1.165, 1.54) is 12.1 Å². The molecular formula is C7H8NO3+. The highest BCUT2D eigenvalue weighted by molar-refractivity contribution is 5.86. The van der Waals surface area contributed by atoms with Crippen LogP contribution in [0.4, 0.5) is 0 Å². The van der Waals surface area contributed by atoms with Crippen LogP contribution in [0.5, 0.6) is 0 Å². The van der Waals surface area contributed by atoms with E-state index in [1.54, 1.807) is 18.2 Å². The number of benzene rings is 1. The molecule has 0 atom stereocenters. The second kappa shape index (κ2) is 3.25. The van der Waals surface area contributed by atoms with Crippen molar-refractivity contribution in [1.29, 1.82) is 0 Å². The lowest BCUT2D eigenvalue weighted by molar-refractivity contribution is -1.18. The molecule has 0 saturated carbocycles. The van der Waals surface area contributed by atoms with E-state index in [0.717, 1.165) is 0 Å². The third-order valence-electron chi connectivity index (χ3n) is 1.24. The lowest BCUT2D eigenvalue weighted by atomic mass is 10.2. The van der Waals surface area contributed by atoms with Crippen LogP contribution in [0.15, 0.2) is 30.3 Å². The van der Waals surface area contributed by atoms with E-state index in [4.69, 9.17) is 10.4 Å². The van der Waals surface area contributed by atoms with E-state index < -0.39 is 11.1 Å². The Hall–Kier alpha value is -1.23. The van der Waals surface area contributed by atoms with Gasteiger partial charge >= 0.3 is 5.91 Å². The van der Waals surface area contributed by atoms with Crippen molar-refractivity contribution < 1.29 is 20.4 Å². The molecule has 0 bridgehead atoms. The molecule has 0 aliphatic rings. The fourth-order valence-electron chi connectivity index (χ4n) is 0.719. The second-order valence-electron chi connectivity index (χ2n) is 2.02. The summed E-state index contributed by atoms with van der Waals surface area (Å²) in [5.41, 5.74) is 0.271. The van der Waals surface area contributed by atoms with E-state index >= 15 is 0 Å². The maximum Gasteiger partial charge on any atom is 0.408 e. The van der Waals surface area contributed by atoms with Gasteiger partial charge < -0.3 is 0 Å². The minimum Gasteiger partial charge on any atom is -0.219 e. The van der Waals surface area contributed by atoms with Gasteiger partial charge in [-0.3, -0.25) is 0 Å². The summed E-state index contributed by atoms with van der Waals surface area (Å²) in [4.78, 5) is 10.8. The summed E-state index contributed by atoms with van der Waals surface area (Å²) < 4.78 is 0. The molecule has 3 N–H and O–H groups in total. The van der Waals surface area contributed by atoms with Crippen molar-refractivity contribution in [3.63, 3.8) is 0 Å². The lowest BCUT2D eigenvalue weighted by Gasteiger charge is -1.97. The number of hydrogen-bond donors (Lipinski definition) is 3. The highest BCUT2D eigenvalue weighted by Gasteiger charge is 2.16. The number of carbonyl (C=O) groups excluding carboxylic acids is 1. The Morgan fingerprint density at radius 2 is 1.73 bits per heavy atom. The van der Waals surface area contributed by atoms with Crippen LogP contribution in [0.1, 0.15) is 10.4 Å². The number of amides is 1. The quantitative estimate of drug-likeness (QED) is 0.377. The summed E-state index contributed by atoms with van der Waals surface area (Å²) in [6.45, 7) is 0. The molecule has 0 fully saturated rings. The number of rotatable bonds is 1. The Morgan fingerprint density at radius 1 is 1.18 bits per heavy atom. The first kappa shape index (κ1) is 7.87. The van der Waals surface area contributed by atoms with Gasteiger partial charge in [0.2, 0.25) is 0 Å². The normalized spacial score (nSPS) is 10.1. The average molecular weight is 154 g/mol. The molecule has 0 aliphatic carbocycles. The maximum atomic E-state index is 10.8. The van der Waals surface area contributed by atoms with Gasteiger partial charge in [-0.2, -0.15) is 10.4 Å². The fraction of sp³-hybridized carbons (Fsp3) is 0. The number of quaternary nitrogens is 1. The largest absolute Gasteiger partial charge is 0.408 e. The molecule has 0 aromatic heterocycles. The molecule has 0 radical (unpaired) electrons. The molecule has 1 aromatic carbocycles. The minimum atomic E-state index is -1.17. The predicted molar refractivity (Wildman–Crippen MR) is 35.3 cm³/mol. The molecule has 0 saturated heterocycles. The first-order valence-electron chi connectivity index (χ1n) is 3.06. The fourth-order valence-corrected chi connectivity index (χ4v) is 0.719. The summed E-state index contributed by atoms with van der Waals surface area (Å²) in [6.07, 6.45) is 0. The second-order valence-corrected chi connectivity index (χ2v) is 2.02. The topological polar surface area (TPSA) is 62.0 Å². The van der Waals surface area contributed by atoms with Crippen molar-refractivity contribution in [2.24, 2.45) is 0 Å². The first-order valence-corrected chi connectivity index (χ1v) is 3.06. The van der Waals surface area contributed by atoms with Crippen LogP contribution in [-0.4, -0.2) is 16.3 Å². The zero-order valence-corrected chi connectivity index (χ0v) is 5.69. The Balaban J connectivity index is 2.86. The van der Waals surface area contributed by atoms with Crippen molar-refractivity contribution in [3.8, 4) is 0 Å². The minimum absolute atomic E-state index is 0.271. The smallest absolute Gasteiger partial charge is 0.219 e. The molecule has 1 rings (SSSR count). The molecule has 4 nitrogen and oxygen atoms in total. The molecule has 0 heterocycles. The molecule has 0 spiro atoms. The SMILES string of the molecule is O=C(c1ccccc1)[NH+](O)O. The highest BCUT2D eigenvalue weighted by Crippen LogP contribution is 1.94. The van der Waals surface area contributed by atoms with E-state index in [9.17, 15) is 4.79 Å². The molecule has 0 unspecified atom stereocenters. The molecular weight excluding hydrogens is 146 g/mol. The van der Waals surface area contributed by atoms with Gasteiger partial charge in [-0.1, -0.05) is 18.2 Å². The number of carbonyl (C=O) groups is 1. The van der Waals surface area contributed by atoms with Crippen molar-refractivity contribution in [1.82, 2.24) is 0 Å². The van der Waals surface area contributed by atoms with Gasteiger partial charge in [-0.05, 0) is 12.1 Å². The molecule has 4 heteroatoms. The molecule has 58 valence electrons. The van der Waals surface area contributed by atoms with Crippen molar-refractivity contribution in [3.05, 3.63) is 35.9 Å². The zero-order valence-electron chi connectivity index (χ0n) is 5.69. The van der Waals surface area contributed by atoms with Crippen LogP contribution >= 0.6 is 0 Å².